The smallest absolute Gasteiger partial charge is 0.196 e. The molecular formula is C18H14O2. The maximum absolute atomic E-state index is 12.5. The summed E-state index contributed by atoms with van der Waals surface area (Å²) in [5.74, 6) is -0.132. The van der Waals surface area contributed by atoms with Crippen LogP contribution in [0.3, 0.4) is 0 Å². The van der Waals surface area contributed by atoms with Gasteiger partial charge in [-0.3, -0.25) is 4.79 Å². The molecule has 0 aromatic heterocycles. The summed E-state index contributed by atoms with van der Waals surface area (Å²) in [6.07, 6.45) is 0. The predicted octanol–water partition coefficient (Wildman–Crippen LogP) is 4.08. The lowest BCUT2D eigenvalue weighted by Crippen LogP contribution is -2.02. The molecule has 3 aromatic carbocycles. The third-order valence-electron chi connectivity index (χ3n) is 3.39. The summed E-state index contributed by atoms with van der Waals surface area (Å²) in [5, 5.41) is 12.0. The van der Waals surface area contributed by atoms with E-state index in [1.165, 1.54) is 0 Å². The molecule has 0 unspecified atom stereocenters. The third kappa shape index (κ3) is 2.16. The largest absolute Gasteiger partial charge is 0.507 e. The van der Waals surface area contributed by atoms with Gasteiger partial charge in [0.1, 0.15) is 5.75 Å². The van der Waals surface area contributed by atoms with Crippen LogP contribution in [0.2, 0.25) is 0 Å². The molecule has 0 spiro atoms. The zero-order valence-electron chi connectivity index (χ0n) is 11.1. The SMILES string of the molecule is Cc1cccc(C(=O)c2cc3ccccc3cc2O)c1. The number of hydrogen-bond acceptors (Lipinski definition) is 2. The number of rotatable bonds is 2. The molecule has 0 aliphatic rings. The number of phenols is 1. The van der Waals surface area contributed by atoms with Crippen molar-refractivity contribution in [2.45, 2.75) is 6.92 Å². The average Bonchev–Trinajstić information content (AvgIpc) is 2.46. The van der Waals surface area contributed by atoms with Gasteiger partial charge in [-0.25, -0.2) is 0 Å². The molecule has 0 atom stereocenters. The van der Waals surface area contributed by atoms with Crippen molar-refractivity contribution in [1.29, 1.82) is 0 Å². The molecule has 0 amide bonds. The molecule has 0 saturated carbocycles. The molecule has 0 radical (unpaired) electrons. The van der Waals surface area contributed by atoms with Crippen LogP contribution >= 0.6 is 0 Å². The number of carbonyl (C=O) groups is 1. The number of benzene rings is 3. The first-order valence-electron chi connectivity index (χ1n) is 6.48. The Hall–Kier alpha value is -2.61. The number of fused-ring (bicyclic) bond motifs is 1. The van der Waals surface area contributed by atoms with Gasteiger partial charge in [-0.05, 0) is 35.9 Å². The summed E-state index contributed by atoms with van der Waals surface area (Å²) < 4.78 is 0. The second-order valence-electron chi connectivity index (χ2n) is 4.92. The van der Waals surface area contributed by atoms with E-state index >= 15 is 0 Å². The van der Waals surface area contributed by atoms with Gasteiger partial charge >= 0.3 is 0 Å². The molecule has 0 aliphatic heterocycles. The normalized spacial score (nSPS) is 10.7. The average molecular weight is 262 g/mol. The van der Waals surface area contributed by atoms with Gasteiger partial charge in [0.2, 0.25) is 0 Å². The standard InChI is InChI=1S/C18H14O2/c1-12-5-4-8-15(9-12)18(20)16-10-13-6-2-3-7-14(13)11-17(16)19/h2-11,19H,1H3. The lowest BCUT2D eigenvalue weighted by molar-refractivity contribution is 0.103. The first kappa shape index (κ1) is 12.4. The molecule has 1 N–H and O–H groups in total. The molecule has 98 valence electrons. The maximum atomic E-state index is 12.5. The molecule has 0 fully saturated rings. The van der Waals surface area contributed by atoms with Gasteiger partial charge in [-0.1, -0.05) is 48.0 Å². The molecule has 0 saturated heterocycles. The van der Waals surface area contributed by atoms with Crippen molar-refractivity contribution in [3.63, 3.8) is 0 Å². The second-order valence-corrected chi connectivity index (χ2v) is 4.92. The quantitative estimate of drug-likeness (QED) is 0.706. The van der Waals surface area contributed by atoms with Crippen molar-refractivity contribution in [2.24, 2.45) is 0 Å². The Morgan fingerprint density at radius 2 is 1.60 bits per heavy atom. The van der Waals surface area contributed by atoms with Crippen LogP contribution in [-0.2, 0) is 0 Å². The Bertz CT molecular complexity index is 803. The predicted molar refractivity (Wildman–Crippen MR) is 80.2 cm³/mol. The summed E-state index contributed by atoms with van der Waals surface area (Å²) in [7, 11) is 0. The highest BCUT2D eigenvalue weighted by molar-refractivity contribution is 6.12. The minimum atomic E-state index is -0.156. The number of aryl methyl sites for hydroxylation is 1. The van der Waals surface area contributed by atoms with Crippen LogP contribution in [0.1, 0.15) is 21.5 Å². The zero-order chi connectivity index (χ0) is 14.1. The van der Waals surface area contributed by atoms with Crippen molar-refractivity contribution < 1.29 is 9.90 Å². The fourth-order valence-electron chi connectivity index (χ4n) is 2.35. The van der Waals surface area contributed by atoms with Gasteiger partial charge in [-0.15, -0.1) is 0 Å². The second kappa shape index (κ2) is 4.82. The summed E-state index contributed by atoms with van der Waals surface area (Å²) in [6.45, 7) is 1.94. The van der Waals surface area contributed by atoms with Crippen molar-refractivity contribution in [3.8, 4) is 5.75 Å². The number of ketones is 1. The number of carbonyl (C=O) groups excluding carboxylic acids is 1. The highest BCUT2D eigenvalue weighted by Crippen LogP contribution is 2.27. The maximum Gasteiger partial charge on any atom is 0.196 e. The molecule has 3 aromatic rings. The molecular weight excluding hydrogens is 248 g/mol. The van der Waals surface area contributed by atoms with E-state index in [2.05, 4.69) is 0 Å². The summed E-state index contributed by atoms with van der Waals surface area (Å²) in [6, 6.07) is 18.4. The van der Waals surface area contributed by atoms with Crippen LogP contribution in [0.4, 0.5) is 0 Å². The lowest BCUT2D eigenvalue weighted by atomic mass is 9.98. The Morgan fingerprint density at radius 3 is 2.30 bits per heavy atom. The van der Waals surface area contributed by atoms with Gasteiger partial charge in [0.05, 0.1) is 5.56 Å². The van der Waals surface area contributed by atoms with E-state index in [1.807, 2.05) is 49.4 Å². The minimum Gasteiger partial charge on any atom is -0.507 e. The Balaban J connectivity index is 2.14. The Morgan fingerprint density at radius 1 is 0.900 bits per heavy atom. The van der Waals surface area contributed by atoms with Gasteiger partial charge in [-0.2, -0.15) is 0 Å². The van der Waals surface area contributed by atoms with E-state index in [0.717, 1.165) is 16.3 Å². The molecule has 2 heteroatoms. The van der Waals surface area contributed by atoms with E-state index in [-0.39, 0.29) is 11.5 Å². The van der Waals surface area contributed by atoms with Gasteiger partial charge in [0.15, 0.2) is 5.78 Å². The highest BCUT2D eigenvalue weighted by Gasteiger charge is 2.14. The van der Waals surface area contributed by atoms with E-state index < -0.39 is 0 Å². The summed E-state index contributed by atoms with van der Waals surface area (Å²) in [5.41, 5.74) is 1.96. The van der Waals surface area contributed by atoms with E-state index in [0.29, 0.717) is 11.1 Å². The van der Waals surface area contributed by atoms with Crippen molar-refractivity contribution in [3.05, 3.63) is 77.4 Å². The molecule has 0 heterocycles. The molecule has 2 nitrogen and oxygen atoms in total. The fraction of sp³-hybridized carbons (Fsp3) is 0.0556. The number of aromatic hydroxyl groups is 1. The minimum absolute atomic E-state index is 0.0233. The lowest BCUT2D eigenvalue weighted by Gasteiger charge is -2.07. The highest BCUT2D eigenvalue weighted by atomic mass is 16.3. The first-order chi connectivity index (χ1) is 9.65. The Kier molecular flexibility index (Phi) is 2.99. The van der Waals surface area contributed by atoms with Crippen LogP contribution in [0.25, 0.3) is 10.8 Å². The van der Waals surface area contributed by atoms with Crippen molar-refractivity contribution in [1.82, 2.24) is 0 Å². The van der Waals surface area contributed by atoms with E-state index in [9.17, 15) is 9.90 Å². The first-order valence-corrected chi connectivity index (χ1v) is 6.48. The van der Waals surface area contributed by atoms with Gasteiger partial charge in [0.25, 0.3) is 0 Å². The summed E-state index contributed by atoms with van der Waals surface area (Å²) in [4.78, 5) is 12.5. The van der Waals surface area contributed by atoms with Crippen LogP contribution in [0, 0.1) is 6.92 Å². The molecule has 3 rings (SSSR count). The molecule has 0 bridgehead atoms. The van der Waals surface area contributed by atoms with Gasteiger partial charge < -0.3 is 5.11 Å². The number of phenolic OH excluding ortho intramolecular Hbond substituents is 1. The van der Waals surface area contributed by atoms with Crippen LogP contribution < -0.4 is 0 Å². The van der Waals surface area contributed by atoms with Crippen molar-refractivity contribution >= 4 is 16.6 Å². The summed E-state index contributed by atoms with van der Waals surface area (Å²) >= 11 is 0. The van der Waals surface area contributed by atoms with E-state index in [4.69, 9.17) is 0 Å². The topological polar surface area (TPSA) is 37.3 Å². The molecule has 0 aliphatic carbocycles. The molecule has 20 heavy (non-hydrogen) atoms. The van der Waals surface area contributed by atoms with Crippen LogP contribution in [0.15, 0.2) is 60.7 Å². The van der Waals surface area contributed by atoms with Gasteiger partial charge in [0, 0.05) is 5.56 Å². The van der Waals surface area contributed by atoms with Crippen molar-refractivity contribution in [2.75, 3.05) is 0 Å². The third-order valence-corrected chi connectivity index (χ3v) is 3.39. The van der Waals surface area contributed by atoms with E-state index in [1.54, 1.807) is 18.2 Å². The van der Waals surface area contributed by atoms with Crippen LogP contribution in [-0.4, -0.2) is 10.9 Å². The number of hydrogen-bond donors (Lipinski definition) is 1. The van der Waals surface area contributed by atoms with Crippen LogP contribution in [0.5, 0.6) is 5.75 Å². The zero-order valence-corrected chi connectivity index (χ0v) is 11.1. The monoisotopic (exact) mass is 262 g/mol. The fourth-order valence-corrected chi connectivity index (χ4v) is 2.35. The Labute approximate surface area is 117 Å².